The van der Waals surface area contributed by atoms with Crippen molar-refractivity contribution in [1.29, 1.82) is 0 Å². The lowest BCUT2D eigenvalue weighted by atomic mass is 9.88. The molecular formula is C22H27ClN4O2. The fraction of sp³-hybridized carbons (Fsp3) is 0.500. The predicted octanol–water partition coefficient (Wildman–Crippen LogP) is 3.83. The Hall–Kier alpha value is -2.34. The maximum absolute atomic E-state index is 12.8. The molecule has 29 heavy (non-hydrogen) atoms. The first-order valence-corrected chi connectivity index (χ1v) is 10.9. The number of likely N-dealkylation sites (tertiary alicyclic amines) is 1. The van der Waals surface area contributed by atoms with Crippen molar-refractivity contribution in [3.63, 3.8) is 0 Å². The molecule has 2 amide bonds. The lowest BCUT2D eigenvalue weighted by Gasteiger charge is -2.33. The molecule has 154 valence electrons. The van der Waals surface area contributed by atoms with E-state index in [2.05, 4.69) is 10.4 Å². The van der Waals surface area contributed by atoms with Gasteiger partial charge in [0.1, 0.15) is 0 Å². The average Bonchev–Trinajstić information content (AvgIpc) is 3.25. The number of carbonyl (C=O) groups excluding carboxylic acids is 2. The van der Waals surface area contributed by atoms with Crippen molar-refractivity contribution in [3.05, 3.63) is 47.2 Å². The van der Waals surface area contributed by atoms with Gasteiger partial charge in [-0.1, -0.05) is 30.9 Å². The van der Waals surface area contributed by atoms with Gasteiger partial charge in [-0.3, -0.25) is 9.59 Å². The summed E-state index contributed by atoms with van der Waals surface area (Å²) in [5.74, 6) is 0.378. The molecule has 1 aliphatic heterocycles. The zero-order chi connectivity index (χ0) is 20.2. The number of hydrogen-bond donors (Lipinski definition) is 1. The Bertz CT molecular complexity index is 850. The summed E-state index contributed by atoms with van der Waals surface area (Å²) in [6.45, 7) is 1.31. The van der Waals surface area contributed by atoms with Crippen LogP contribution in [0.5, 0.6) is 0 Å². The van der Waals surface area contributed by atoms with Crippen molar-refractivity contribution in [2.45, 2.75) is 51.0 Å². The maximum Gasteiger partial charge on any atom is 0.257 e. The van der Waals surface area contributed by atoms with Crippen molar-refractivity contribution in [3.8, 4) is 5.69 Å². The summed E-state index contributed by atoms with van der Waals surface area (Å²) in [6, 6.07) is 7.50. The number of halogens is 1. The highest BCUT2D eigenvalue weighted by atomic mass is 35.5. The molecule has 0 bridgehead atoms. The minimum absolute atomic E-state index is 0.0118. The van der Waals surface area contributed by atoms with E-state index in [4.69, 9.17) is 11.6 Å². The van der Waals surface area contributed by atoms with Gasteiger partial charge in [0.15, 0.2) is 0 Å². The highest BCUT2D eigenvalue weighted by Crippen LogP contribution is 2.24. The molecule has 7 heteroatoms. The molecule has 2 aliphatic rings. The van der Waals surface area contributed by atoms with E-state index in [0.29, 0.717) is 23.7 Å². The molecule has 2 fully saturated rings. The molecule has 4 rings (SSSR count). The molecule has 1 saturated heterocycles. The molecule has 1 aromatic carbocycles. The second-order valence-corrected chi connectivity index (χ2v) is 8.50. The first-order valence-electron chi connectivity index (χ1n) is 10.5. The van der Waals surface area contributed by atoms with E-state index in [1.165, 1.54) is 6.42 Å². The average molecular weight is 415 g/mol. The van der Waals surface area contributed by atoms with Gasteiger partial charge in [-0.25, -0.2) is 4.68 Å². The Morgan fingerprint density at radius 3 is 2.38 bits per heavy atom. The van der Waals surface area contributed by atoms with Crippen LogP contribution in [-0.4, -0.2) is 45.6 Å². The topological polar surface area (TPSA) is 67.2 Å². The van der Waals surface area contributed by atoms with E-state index in [-0.39, 0.29) is 23.8 Å². The van der Waals surface area contributed by atoms with Gasteiger partial charge in [-0.2, -0.15) is 5.10 Å². The van der Waals surface area contributed by atoms with Crippen LogP contribution in [0.3, 0.4) is 0 Å². The minimum Gasteiger partial charge on any atom is -0.353 e. The zero-order valence-electron chi connectivity index (χ0n) is 16.5. The van der Waals surface area contributed by atoms with Gasteiger partial charge in [-0.15, -0.1) is 0 Å². The van der Waals surface area contributed by atoms with Crippen LogP contribution < -0.4 is 5.32 Å². The minimum atomic E-state index is -0.0118. The third kappa shape index (κ3) is 4.81. The predicted molar refractivity (Wildman–Crippen MR) is 112 cm³/mol. The molecular weight excluding hydrogens is 388 g/mol. The van der Waals surface area contributed by atoms with E-state index in [0.717, 1.165) is 44.2 Å². The number of aromatic nitrogens is 2. The van der Waals surface area contributed by atoms with Crippen molar-refractivity contribution >= 4 is 23.4 Å². The molecule has 0 radical (unpaired) electrons. The molecule has 0 spiro atoms. The van der Waals surface area contributed by atoms with Crippen LogP contribution in [0.1, 0.15) is 55.3 Å². The van der Waals surface area contributed by atoms with Gasteiger partial charge >= 0.3 is 0 Å². The Morgan fingerprint density at radius 1 is 1.00 bits per heavy atom. The maximum atomic E-state index is 12.8. The van der Waals surface area contributed by atoms with E-state index in [9.17, 15) is 9.59 Å². The molecule has 0 unspecified atom stereocenters. The fourth-order valence-corrected chi connectivity index (χ4v) is 4.39. The first-order chi connectivity index (χ1) is 14.1. The number of rotatable bonds is 4. The van der Waals surface area contributed by atoms with Gasteiger partial charge in [0.2, 0.25) is 5.91 Å². The number of carbonyl (C=O) groups is 2. The number of nitrogens with zero attached hydrogens (tertiary/aromatic N) is 3. The van der Waals surface area contributed by atoms with Gasteiger partial charge in [0, 0.05) is 36.3 Å². The first kappa shape index (κ1) is 20.0. The summed E-state index contributed by atoms with van der Waals surface area (Å²) in [5, 5.41) is 8.18. The third-order valence-electron chi connectivity index (χ3n) is 6.03. The standard InChI is InChI=1S/C22H27ClN4O2/c23-18-6-8-20(9-7-18)27-15-17(14-24-27)22(29)26-12-10-19(11-13-26)25-21(28)16-4-2-1-3-5-16/h6-9,14-16,19H,1-5,10-13H2,(H,25,28). The largest absolute Gasteiger partial charge is 0.353 e. The van der Waals surface area contributed by atoms with Crippen LogP contribution in [0.25, 0.3) is 5.69 Å². The van der Waals surface area contributed by atoms with E-state index >= 15 is 0 Å². The molecule has 1 N–H and O–H groups in total. The number of nitrogens with one attached hydrogen (secondary N) is 1. The zero-order valence-corrected chi connectivity index (χ0v) is 17.3. The summed E-state index contributed by atoms with van der Waals surface area (Å²) < 4.78 is 1.68. The Labute approximate surface area is 176 Å². The van der Waals surface area contributed by atoms with Crippen molar-refractivity contribution in [2.24, 2.45) is 5.92 Å². The number of amides is 2. The SMILES string of the molecule is O=C(NC1CCN(C(=O)c2cnn(-c3ccc(Cl)cc3)c2)CC1)C1CCCCC1. The number of benzene rings is 1. The van der Waals surface area contributed by atoms with Gasteiger partial charge in [0.25, 0.3) is 5.91 Å². The Kier molecular flexibility index (Phi) is 6.19. The molecule has 2 heterocycles. The smallest absolute Gasteiger partial charge is 0.257 e. The summed E-state index contributed by atoms with van der Waals surface area (Å²) in [6.07, 6.45) is 10.6. The lowest BCUT2D eigenvalue weighted by molar-refractivity contribution is -0.126. The van der Waals surface area contributed by atoms with Crippen LogP contribution in [0.4, 0.5) is 0 Å². The van der Waals surface area contributed by atoms with Crippen LogP contribution >= 0.6 is 11.6 Å². The van der Waals surface area contributed by atoms with E-state index < -0.39 is 0 Å². The van der Waals surface area contributed by atoms with Crippen LogP contribution in [0.15, 0.2) is 36.7 Å². The third-order valence-corrected chi connectivity index (χ3v) is 6.28. The monoisotopic (exact) mass is 414 g/mol. The van der Waals surface area contributed by atoms with Crippen LogP contribution in [0.2, 0.25) is 5.02 Å². The summed E-state index contributed by atoms with van der Waals surface area (Å²) in [5.41, 5.74) is 1.43. The highest BCUT2D eigenvalue weighted by molar-refractivity contribution is 6.30. The van der Waals surface area contributed by atoms with E-state index in [1.807, 2.05) is 17.0 Å². The quantitative estimate of drug-likeness (QED) is 0.826. The van der Waals surface area contributed by atoms with Gasteiger partial charge in [-0.05, 0) is 49.9 Å². The van der Waals surface area contributed by atoms with Gasteiger partial charge in [0.05, 0.1) is 17.4 Å². The molecule has 1 saturated carbocycles. The highest BCUT2D eigenvalue weighted by Gasteiger charge is 2.28. The second kappa shape index (κ2) is 8.99. The van der Waals surface area contributed by atoms with Gasteiger partial charge < -0.3 is 10.2 Å². The molecule has 2 aromatic rings. The summed E-state index contributed by atoms with van der Waals surface area (Å²) >= 11 is 5.93. The molecule has 6 nitrogen and oxygen atoms in total. The normalized spacial score (nSPS) is 18.6. The van der Waals surface area contributed by atoms with Crippen molar-refractivity contribution in [1.82, 2.24) is 20.0 Å². The number of hydrogen-bond acceptors (Lipinski definition) is 3. The van der Waals surface area contributed by atoms with Crippen molar-refractivity contribution in [2.75, 3.05) is 13.1 Å². The Morgan fingerprint density at radius 2 is 1.69 bits per heavy atom. The fourth-order valence-electron chi connectivity index (χ4n) is 4.26. The lowest BCUT2D eigenvalue weighted by Crippen LogP contribution is -2.48. The Balaban J connectivity index is 1.30. The van der Waals surface area contributed by atoms with Crippen LogP contribution in [0, 0.1) is 5.92 Å². The number of piperidine rings is 1. The summed E-state index contributed by atoms with van der Waals surface area (Å²) in [7, 11) is 0. The van der Waals surface area contributed by atoms with E-state index in [1.54, 1.807) is 29.2 Å². The molecule has 0 atom stereocenters. The molecule has 1 aliphatic carbocycles. The summed E-state index contributed by atoms with van der Waals surface area (Å²) in [4.78, 5) is 27.1. The van der Waals surface area contributed by atoms with Crippen LogP contribution in [-0.2, 0) is 4.79 Å². The second-order valence-electron chi connectivity index (χ2n) is 8.06. The van der Waals surface area contributed by atoms with Crippen molar-refractivity contribution < 1.29 is 9.59 Å². The molecule has 1 aromatic heterocycles.